The number of benzene rings is 1. The van der Waals surface area contributed by atoms with Gasteiger partial charge in [0, 0.05) is 5.56 Å². The largest absolute Gasteiger partial charge is 0.234 e. The van der Waals surface area contributed by atoms with Gasteiger partial charge in [0.2, 0.25) is 4.96 Å². The third kappa shape index (κ3) is 1.63. The Hall–Kier alpha value is -1.75. The molecule has 0 spiro atoms. The Morgan fingerprint density at radius 1 is 1.06 bits per heavy atom. The fraction of sp³-hybridized carbons (Fsp3) is 0.250. The van der Waals surface area contributed by atoms with Crippen LogP contribution in [0.15, 0.2) is 18.2 Å². The highest BCUT2D eigenvalue weighted by atomic mass is 32.1. The van der Waals surface area contributed by atoms with E-state index in [1.165, 1.54) is 11.1 Å². The van der Waals surface area contributed by atoms with Gasteiger partial charge >= 0.3 is 0 Å². The molecule has 0 saturated heterocycles. The Morgan fingerprint density at radius 3 is 2.59 bits per heavy atom. The Labute approximate surface area is 103 Å². The van der Waals surface area contributed by atoms with Crippen LogP contribution in [0.1, 0.15) is 17.0 Å². The van der Waals surface area contributed by atoms with Crippen LogP contribution in [0.4, 0.5) is 0 Å². The molecule has 0 bridgehead atoms. The number of aromatic nitrogens is 4. The molecule has 0 fully saturated rings. The van der Waals surface area contributed by atoms with Crippen LogP contribution in [-0.2, 0) is 0 Å². The second-order valence-corrected chi connectivity index (χ2v) is 5.10. The topological polar surface area (TPSA) is 43.1 Å². The first-order chi connectivity index (χ1) is 8.15. The van der Waals surface area contributed by atoms with Crippen molar-refractivity contribution in [2.45, 2.75) is 20.8 Å². The molecular formula is C12H12N4S. The van der Waals surface area contributed by atoms with Crippen molar-refractivity contribution < 1.29 is 0 Å². The van der Waals surface area contributed by atoms with E-state index in [0.717, 1.165) is 21.4 Å². The predicted molar refractivity (Wildman–Crippen MR) is 68.3 cm³/mol. The molecule has 2 aromatic heterocycles. The van der Waals surface area contributed by atoms with Crippen LogP contribution in [0.25, 0.3) is 15.5 Å². The van der Waals surface area contributed by atoms with Gasteiger partial charge < -0.3 is 0 Å². The smallest absolute Gasteiger partial charge is 0.187 e. The van der Waals surface area contributed by atoms with Crippen LogP contribution in [0, 0.1) is 20.8 Å². The summed E-state index contributed by atoms with van der Waals surface area (Å²) in [5.41, 5.74) is 3.72. The number of rotatable bonds is 1. The minimum Gasteiger partial charge on any atom is -0.187 e. The SMILES string of the molecule is Cc1ccc(-c2nn3c(C)nnc3s2)cc1C. The third-order valence-electron chi connectivity index (χ3n) is 2.90. The van der Waals surface area contributed by atoms with Crippen molar-refractivity contribution in [2.24, 2.45) is 0 Å². The third-order valence-corrected chi connectivity index (χ3v) is 3.85. The molecule has 86 valence electrons. The van der Waals surface area contributed by atoms with Crippen LogP contribution in [0.3, 0.4) is 0 Å². The Kier molecular flexibility index (Phi) is 2.22. The van der Waals surface area contributed by atoms with Crippen molar-refractivity contribution in [2.75, 3.05) is 0 Å². The van der Waals surface area contributed by atoms with E-state index in [0.29, 0.717) is 0 Å². The maximum absolute atomic E-state index is 4.52. The highest BCUT2D eigenvalue weighted by Crippen LogP contribution is 2.26. The average molecular weight is 244 g/mol. The number of aryl methyl sites for hydroxylation is 3. The molecule has 0 atom stereocenters. The Morgan fingerprint density at radius 2 is 1.88 bits per heavy atom. The fourth-order valence-corrected chi connectivity index (χ4v) is 2.59. The molecule has 0 aliphatic heterocycles. The molecule has 0 amide bonds. The van der Waals surface area contributed by atoms with Crippen molar-refractivity contribution in [3.63, 3.8) is 0 Å². The summed E-state index contributed by atoms with van der Waals surface area (Å²) in [5.74, 6) is 0.825. The second-order valence-electron chi connectivity index (χ2n) is 4.15. The van der Waals surface area contributed by atoms with Gasteiger partial charge in [-0.2, -0.15) is 9.61 Å². The van der Waals surface area contributed by atoms with E-state index in [9.17, 15) is 0 Å². The minimum absolute atomic E-state index is 0.825. The summed E-state index contributed by atoms with van der Waals surface area (Å²) in [6.45, 7) is 6.14. The summed E-state index contributed by atoms with van der Waals surface area (Å²) >= 11 is 1.56. The van der Waals surface area contributed by atoms with E-state index in [-0.39, 0.29) is 0 Å². The lowest BCUT2D eigenvalue weighted by molar-refractivity contribution is 0.897. The maximum atomic E-state index is 4.52. The van der Waals surface area contributed by atoms with E-state index < -0.39 is 0 Å². The number of fused-ring (bicyclic) bond motifs is 1. The molecular weight excluding hydrogens is 232 g/mol. The molecule has 0 aliphatic rings. The van der Waals surface area contributed by atoms with Crippen molar-refractivity contribution in [1.29, 1.82) is 0 Å². The van der Waals surface area contributed by atoms with Gasteiger partial charge in [-0.25, -0.2) is 0 Å². The minimum atomic E-state index is 0.825. The zero-order valence-electron chi connectivity index (χ0n) is 9.93. The van der Waals surface area contributed by atoms with Gasteiger partial charge in [0.05, 0.1) is 0 Å². The molecule has 17 heavy (non-hydrogen) atoms. The standard InChI is InChI=1S/C12H12N4S/c1-7-4-5-10(6-8(7)2)11-15-16-9(3)13-14-12(16)17-11/h4-6H,1-3H3. The monoisotopic (exact) mass is 244 g/mol. The van der Waals surface area contributed by atoms with Crippen LogP contribution in [0.5, 0.6) is 0 Å². The fourth-order valence-electron chi connectivity index (χ4n) is 1.71. The molecule has 3 rings (SSSR count). The quantitative estimate of drug-likeness (QED) is 0.661. The van der Waals surface area contributed by atoms with Crippen LogP contribution < -0.4 is 0 Å². The van der Waals surface area contributed by atoms with E-state index in [1.807, 2.05) is 6.92 Å². The molecule has 4 nitrogen and oxygen atoms in total. The summed E-state index contributed by atoms with van der Waals surface area (Å²) in [5, 5.41) is 13.6. The second kappa shape index (κ2) is 3.63. The maximum Gasteiger partial charge on any atom is 0.234 e. The van der Waals surface area contributed by atoms with E-state index in [2.05, 4.69) is 47.3 Å². The molecule has 0 N–H and O–H groups in total. The lowest BCUT2D eigenvalue weighted by Crippen LogP contribution is -1.89. The van der Waals surface area contributed by atoms with E-state index in [1.54, 1.807) is 15.9 Å². The van der Waals surface area contributed by atoms with Gasteiger partial charge in [-0.3, -0.25) is 0 Å². The highest BCUT2D eigenvalue weighted by Gasteiger charge is 2.10. The molecule has 5 heteroatoms. The lowest BCUT2D eigenvalue weighted by Gasteiger charge is -2.01. The molecule has 3 aromatic rings. The Bertz CT molecular complexity index is 696. The van der Waals surface area contributed by atoms with Crippen LogP contribution in [-0.4, -0.2) is 19.8 Å². The van der Waals surface area contributed by atoms with E-state index >= 15 is 0 Å². The zero-order valence-corrected chi connectivity index (χ0v) is 10.7. The first-order valence-electron chi connectivity index (χ1n) is 5.41. The molecule has 0 unspecified atom stereocenters. The van der Waals surface area contributed by atoms with Gasteiger partial charge in [0.25, 0.3) is 0 Å². The van der Waals surface area contributed by atoms with E-state index in [4.69, 9.17) is 0 Å². The van der Waals surface area contributed by atoms with Crippen molar-refractivity contribution in [3.8, 4) is 10.6 Å². The number of hydrogen-bond acceptors (Lipinski definition) is 4. The molecule has 0 radical (unpaired) electrons. The summed E-state index contributed by atoms with van der Waals surface area (Å²) in [6.07, 6.45) is 0. The molecule has 0 saturated carbocycles. The van der Waals surface area contributed by atoms with Gasteiger partial charge in [-0.15, -0.1) is 10.2 Å². The van der Waals surface area contributed by atoms with Gasteiger partial charge in [0.1, 0.15) is 5.01 Å². The molecule has 1 aromatic carbocycles. The summed E-state index contributed by atoms with van der Waals surface area (Å²) in [7, 11) is 0. The summed E-state index contributed by atoms with van der Waals surface area (Å²) in [6, 6.07) is 6.39. The van der Waals surface area contributed by atoms with Crippen LogP contribution >= 0.6 is 11.3 Å². The first-order valence-corrected chi connectivity index (χ1v) is 6.23. The number of nitrogens with zero attached hydrogens (tertiary/aromatic N) is 4. The van der Waals surface area contributed by atoms with Gasteiger partial charge in [0.15, 0.2) is 5.82 Å². The summed E-state index contributed by atoms with van der Waals surface area (Å²) in [4.78, 5) is 0.843. The van der Waals surface area contributed by atoms with Gasteiger partial charge in [-0.05, 0) is 38.0 Å². The highest BCUT2D eigenvalue weighted by molar-refractivity contribution is 7.19. The van der Waals surface area contributed by atoms with Crippen LogP contribution in [0.2, 0.25) is 0 Å². The van der Waals surface area contributed by atoms with Crippen molar-refractivity contribution in [1.82, 2.24) is 19.8 Å². The first kappa shape index (κ1) is 10.4. The molecule has 2 heterocycles. The van der Waals surface area contributed by atoms with Crippen molar-refractivity contribution in [3.05, 3.63) is 35.2 Å². The summed E-state index contributed by atoms with van der Waals surface area (Å²) < 4.78 is 1.79. The predicted octanol–water partition coefficient (Wildman–Crippen LogP) is 2.78. The van der Waals surface area contributed by atoms with Crippen molar-refractivity contribution >= 4 is 16.3 Å². The van der Waals surface area contributed by atoms with Gasteiger partial charge in [-0.1, -0.05) is 23.5 Å². The zero-order chi connectivity index (χ0) is 12.0. The Balaban J connectivity index is 2.16. The number of hydrogen-bond donors (Lipinski definition) is 0. The average Bonchev–Trinajstić information content (AvgIpc) is 2.86. The lowest BCUT2D eigenvalue weighted by atomic mass is 10.1. The molecule has 0 aliphatic carbocycles. The normalized spacial score (nSPS) is 11.2.